The van der Waals surface area contributed by atoms with Crippen LogP contribution in [0.1, 0.15) is 41.6 Å². The molecule has 1 amide bonds. The normalized spacial score (nSPS) is 15.8. The summed E-state index contributed by atoms with van der Waals surface area (Å²) in [6, 6.07) is 11.4. The molecule has 0 atom stereocenters. The zero-order chi connectivity index (χ0) is 20.1. The Morgan fingerprint density at radius 2 is 1.64 bits per heavy atom. The van der Waals surface area contributed by atoms with Gasteiger partial charge < -0.3 is 5.32 Å². The number of nitrogens with zero attached hydrogens (tertiary/aromatic N) is 1. The van der Waals surface area contributed by atoms with E-state index in [4.69, 9.17) is 23.2 Å². The minimum absolute atomic E-state index is 0.0849. The van der Waals surface area contributed by atoms with Crippen molar-refractivity contribution >= 4 is 39.1 Å². The fourth-order valence-corrected chi connectivity index (χ4v) is 5.13. The Hall–Kier alpha value is -1.60. The molecule has 5 nitrogen and oxygen atoms in total. The Labute approximate surface area is 175 Å². The number of benzene rings is 2. The second-order valence-corrected chi connectivity index (χ2v) is 9.49. The summed E-state index contributed by atoms with van der Waals surface area (Å²) in [6.45, 7) is 1.22. The Kier molecular flexibility index (Phi) is 6.99. The highest BCUT2D eigenvalue weighted by Crippen LogP contribution is 2.25. The summed E-state index contributed by atoms with van der Waals surface area (Å²) in [5, 5.41) is 3.50. The molecule has 1 N–H and O–H groups in total. The molecule has 0 radical (unpaired) electrons. The van der Waals surface area contributed by atoms with Crippen molar-refractivity contribution < 1.29 is 13.2 Å². The van der Waals surface area contributed by atoms with Crippen molar-refractivity contribution in [2.24, 2.45) is 0 Å². The predicted molar refractivity (Wildman–Crippen MR) is 111 cm³/mol. The highest BCUT2D eigenvalue weighted by Gasteiger charge is 2.26. The Morgan fingerprint density at radius 1 is 0.964 bits per heavy atom. The summed E-state index contributed by atoms with van der Waals surface area (Å²) in [5.74, 6) is -0.446. The molecule has 0 aromatic heterocycles. The van der Waals surface area contributed by atoms with Gasteiger partial charge in [0.05, 0.1) is 15.5 Å². The van der Waals surface area contributed by atoms with E-state index in [-0.39, 0.29) is 22.0 Å². The van der Waals surface area contributed by atoms with Gasteiger partial charge in [0.15, 0.2) is 0 Å². The molecule has 0 spiro atoms. The molecule has 8 heteroatoms. The molecule has 1 aliphatic rings. The molecule has 28 heavy (non-hydrogen) atoms. The first-order valence-electron chi connectivity index (χ1n) is 9.21. The first kappa shape index (κ1) is 21.1. The highest BCUT2D eigenvalue weighted by atomic mass is 35.5. The van der Waals surface area contributed by atoms with Crippen molar-refractivity contribution in [3.8, 4) is 0 Å². The lowest BCUT2D eigenvalue weighted by Gasteiger charge is -2.20. The fraction of sp³-hybridized carbons (Fsp3) is 0.350. The van der Waals surface area contributed by atoms with Crippen LogP contribution in [-0.2, 0) is 16.6 Å². The van der Waals surface area contributed by atoms with Crippen molar-refractivity contribution in [2.45, 2.75) is 37.1 Å². The third kappa shape index (κ3) is 4.87. The van der Waals surface area contributed by atoms with E-state index in [1.807, 2.05) is 18.2 Å². The molecule has 3 rings (SSSR count). The molecular formula is C20H22Cl2N2O3S. The van der Waals surface area contributed by atoms with E-state index in [9.17, 15) is 13.2 Å². The van der Waals surface area contributed by atoms with Crippen molar-refractivity contribution in [1.29, 1.82) is 0 Å². The van der Waals surface area contributed by atoms with Gasteiger partial charge in [0.2, 0.25) is 10.0 Å². The number of halogens is 2. The van der Waals surface area contributed by atoms with Crippen molar-refractivity contribution in [3.05, 3.63) is 63.6 Å². The quantitative estimate of drug-likeness (QED) is 0.744. The smallest absolute Gasteiger partial charge is 0.253 e. The topological polar surface area (TPSA) is 66.5 Å². The number of nitrogens with one attached hydrogen (secondary N) is 1. The fourth-order valence-electron chi connectivity index (χ4n) is 3.18. The average Bonchev–Trinajstić information content (AvgIpc) is 2.97. The SMILES string of the molecule is O=C(NCc1ccccc1Cl)c1cc(S(=O)(=O)N2CCCCCC2)ccc1Cl. The molecule has 1 heterocycles. The maximum atomic E-state index is 13.0. The van der Waals surface area contributed by atoms with Crippen LogP contribution in [0.25, 0.3) is 0 Å². The number of amides is 1. The maximum Gasteiger partial charge on any atom is 0.253 e. The summed E-state index contributed by atoms with van der Waals surface area (Å²) < 4.78 is 27.5. The number of sulfonamides is 1. The van der Waals surface area contributed by atoms with E-state index >= 15 is 0 Å². The molecule has 2 aromatic rings. The second kappa shape index (κ2) is 9.27. The third-order valence-electron chi connectivity index (χ3n) is 4.78. The summed E-state index contributed by atoms with van der Waals surface area (Å²) in [7, 11) is -3.66. The maximum absolute atomic E-state index is 13.0. The van der Waals surface area contributed by atoms with E-state index in [2.05, 4.69) is 5.32 Å². The van der Waals surface area contributed by atoms with Gasteiger partial charge in [0.1, 0.15) is 0 Å². The van der Waals surface area contributed by atoms with Crippen molar-refractivity contribution in [1.82, 2.24) is 9.62 Å². The highest BCUT2D eigenvalue weighted by molar-refractivity contribution is 7.89. The molecule has 0 saturated carbocycles. The molecule has 1 saturated heterocycles. The van der Waals surface area contributed by atoms with Crippen LogP contribution in [-0.4, -0.2) is 31.7 Å². The van der Waals surface area contributed by atoms with Gasteiger partial charge in [-0.3, -0.25) is 4.79 Å². The zero-order valence-corrected chi connectivity index (χ0v) is 17.7. The number of hydrogen-bond acceptors (Lipinski definition) is 3. The van der Waals surface area contributed by atoms with E-state index in [1.54, 1.807) is 6.07 Å². The minimum Gasteiger partial charge on any atom is -0.348 e. The molecular weight excluding hydrogens is 419 g/mol. The van der Waals surface area contributed by atoms with Crippen LogP contribution < -0.4 is 5.32 Å². The first-order chi connectivity index (χ1) is 13.4. The van der Waals surface area contributed by atoms with Crippen LogP contribution in [0, 0.1) is 0 Å². The second-order valence-electron chi connectivity index (χ2n) is 6.73. The van der Waals surface area contributed by atoms with Crippen LogP contribution in [0.5, 0.6) is 0 Å². The molecule has 0 unspecified atom stereocenters. The Morgan fingerprint density at radius 3 is 2.32 bits per heavy atom. The predicted octanol–water partition coefficient (Wildman–Crippen LogP) is 4.49. The van der Waals surface area contributed by atoms with Crippen molar-refractivity contribution in [3.63, 3.8) is 0 Å². The van der Waals surface area contributed by atoms with Crippen LogP contribution in [0.2, 0.25) is 10.0 Å². The lowest BCUT2D eigenvalue weighted by atomic mass is 10.2. The molecule has 150 valence electrons. The van der Waals surface area contributed by atoms with Crippen LogP contribution in [0.3, 0.4) is 0 Å². The lowest BCUT2D eigenvalue weighted by Crippen LogP contribution is -2.32. The van der Waals surface area contributed by atoms with E-state index < -0.39 is 15.9 Å². The largest absolute Gasteiger partial charge is 0.348 e. The molecule has 0 bridgehead atoms. The van der Waals surface area contributed by atoms with Crippen LogP contribution in [0.4, 0.5) is 0 Å². The summed E-state index contributed by atoms with van der Waals surface area (Å²) in [6.07, 6.45) is 3.75. The van der Waals surface area contributed by atoms with Gasteiger partial charge >= 0.3 is 0 Å². The number of rotatable bonds is 5. The van der Waals surface area contributed by atoms with E-state index in [1.165, 1.54) is 22.5 Å². The minimum atomic E-state index is -3.66. The van der Waals surface area contributed by atoms with Gasteiger partial charge in [-0.1, -0.05) is 54.2 Å². The molecule has 1 aliphatic heterocycles. The lowest BCUT2D eigenvalue weighted by molar-refractivity contribution is 0.0951. The van der Waals surface area contributed by atoms with Gasteiger partial charge in [-0.15, -0.1) is 0 Å². The number of hydrogen-bond donors (Lipinski definition) is 1. The Bertz CT molecular complexity index is 956. The summed E-state index contributed by atoms with van der Waals surface area (Å²) in [4.78, 5) is 12.7. The first-order valence-corrected chi connectivity index (χ1v) is 11.4. The summed E-state index contributed by atoms with van der Waals surface area (Å²) in [5.41, 5.74) is 0.895. The van der Waals surface area contributed by atoms with Gasteiger partial charge in [0, 0.05) is 24.7 Å². The standard InChI is InChI=1S/C20H22Cl2N2O3S/c21-18-8-4-3-7-15(18)14-23-20(25)17-13-16(9-10-19(17)22)28(26,27)24-11-5-1-2-6-12-24/h3-4,7-10,13H,1-2,5-6,11-12,14H2,(H,23,25). The molecule has 2 aromatic carbocycles. The van der Waals surface area contributed by atoms with Gasteiger partial charge in [0.25, 0.3) is 5.91 Å². The molecule has 0 aliphatic carbocycles. The third-order valence-corrected chi connectivity index (χ3v) is 7.38. The van der Waals surface area contributed by atoms with E-state index in [0.29, 0.717) is 18.1 Å². The average molecular weight is 441 g/mol. The van der Waals surface area contributed by atoms with Crippen LogP contribution in [0.15, 0.2) is 47.4 Å². The monoisotopic (exact) mass is 440 g/mol. The van der Waals surface area contributed by atoms with Crippen molar-refractivity contribution in [2.75, 3.05) is 13.1 Å². The summed E-state index contributed by atoms with van der Waals surface area (Å²) >= 11 is 12.3. The van der Waals surface area contributed by atoms with Gasteiger partial charge in [-0.25, -0.2) is 8.42 Å². The number of carbonyl (C=O) groups is 1. The van der Waals surface area contributed by atoms with Gasteiger partial charge in [-0.2, -0.15) is 4.31 Å². The Balaban J connectivity index is 1.80. The van der Waals surface area contributed by atoms with Gasteiger partial charge in [-0.05, 0) is 42.7 Å². The molecule has 1 fully saturated rings. The zero-order valence-electron chi connectivity index (χ0n) is 15.3. The number of carbonyl (C=O) groups excluding carboxylic acids is 1. The van der Waals surface area contributed by atoms with Crippen LogP contribution >= 0.6 is 23.2 Å². The van der Waals surface area contributed by atoms with E-state index in [0.717, 1.165) is 31.2 Å².